The van der Waals surface area contributed by atoms with Crippen molar-refractivity contribution in [3.05, 3.63) is 41.4 Å². The number of benzene rings is 1. The molecule has 0 fully saturated rings. The number of carbonyl (C=O) groups is 1. The molecule has 0 saturated heterocycles. The Balaban J connectivity index is 2.56. The molecule has 0 aliphatic rings. The second-order valence-electron chi connectivity index (χ2n) is 3.13. The van der Waals surface area contributed by atoms with Gasteiger partial charge >= 0.3 is 5.97 Å². The minimum Gasteiger partial charge on any atom is -0.475 e. The standard InChI is InChI=1S/C10H4F3NO3/c11-4-1-5(12)9(6(13)2-4)7-3-8(10(15)16)17-14-7/h1-3H,(H,15,16). The quantitative estimate of drug-likeness (QED) is 0.879. The van der Waals surface area contributed by atoms with Crippen molar-refractivity contribution in [1.29, 1.82) is 0 Å². The van der Waals surface area contributed by atoms with E-state index in [9.17, 15) is 18.0 Å². The van der Waals surface area contributed by atoms with Gasteiger partial charge in [0.15, 0.2) is 0 Å². The first-order valence-electron chi connectivity index (χ1n) is 4.34. The van der Waals surface area contributed by atoms with Gasteiger partial charge in [-0.05, 0) is 0 Å². The summed E-state index contributed by atoms with van der Waals surface area (Å²) < 4.78 is 43.6. The van der Waals surface area contributed by atoms with Crippen LogP contribution in [0.25, 0.3) is 11.3 Å². The number of carboxylic acid groups (broad SMARTS) is 1. The van der Waals surface area contributed by atoms with Gasteiger partial charge in [-0.15, -0.1) is 0 Å². The maximum atomic E-state index is 13.3. The second kappa shape index (κ2) is 3.93. The van der Waals surface area contributed by atoms with Crippen LogP contribution in [0.5, 0.6) is 0 Å². The highest BCUT2D eigenvalue weighted by molar-refractivity contribution is 5.85. The molecule has 0 bridgehead atoms. The Labute approximate surface area is 92.3 Å². The number of hydrogen-bond acceptors (Lipinski definition) is 3. The molecule has 1 N–H and O–H groups in total. The van der Waals surface area contributed by atoms with Crippen molar-refractivity contribution < 1.29 is 27.6 Å². The Morgan fingerprint density at radius 3 is 2.24 bits per heavy atom. The van der Waals surface area contributed by atoms with E-state index in [0.29, 0.717) is 12.1 Å². The number of hydrogen-bond donors (Lipinski definition) is 1. The van der Waals surface area contributed by atoms with Crippen molar-refractivity contribution in [3.8, 4) is 11.3 Å². The van der Waals surface area contributed by atoms with Crippen LogP contribution < -0.4 is 0 Å². The third-order valence-electron chi connectivity index (χ3n) is 1.98. The summed E-state index contributed by atoms with van der Waals surface area (Å²) in [5.74, 6) is -5.44. The minimum atomic E-state index is -1.42. The van der Waals surface area contributed by atoms with Gasteiger partial charge < -0.3 is 9.63 Å². The van der Waals surface area contributed by atoms with Gasteiger partial charge in [0, 0.05) is 18.2 Å². The maximum Gasteiger partial charge on any atom is 0.374 e. The van der Waals surface area contributed by atoms with E-state index >= 15 is 0 Å². The molecule has 1 heterocycles. The minimum absolute atomic E-state index is 0.350. The monoisotopic (exact) mass is 243 g/mol. The lowest BCUT2D eigenvalue weighted by Gasteiger charge is -2.00. The zero-order valence-electron chi connectivity index (χ0n) is 8.08. The number of halogens is 3. The molecule has 0 saturated carbocycles. The molecule has 0 radical (unpaired) electrons. The summed E-state index contributed by atoms with van der Waals surface area (Å²) in [4.78, 5) is 10.5. The summed E-state index contributed by atoms with van der Waals surface area (Å²) in [6.45, 7) is 0. The van der Waals surface area contributed by atoms with Crippen LogP contribution in [0, 0.1) is 17.5 Å². The molecule has 1 aromatic carbocycles. The predicted octanol–water partition coefficient (Wildman–Crippen LogP) is 2.46. The Kier molecular flexibility index (Phi) is 2.58. The highest BCUT2D eigenvalue weighted by Crippen LogP contribution is 2.26. The molecule has 0 aliphatic heterocycles. The molecule has 0 unspecified atom stereocenters. The lowest BCUT2D eigenvalue weighted by molar-refractivity contribution is 0.0652. The van der Waals surface area contributed by atoms with Crippen LogP contribution in [-0.4, -0.2) is 16.2 Å². The molecule has 2 aromatic rings. The first-order valence-corrected chi connectivity index (χ1v) is 4.34. The zero-order valence-corrected chi connectivity index (χ0v) is 8.08. The van der Waals surface area contributed by atoms with E-state index in [1.807, 2.05) is 0 Å². The number of aromatic nitrogens is 1. The normalized spacial score (nSPS) is 10.5. The van der Waals surface area contributed by atoms with Crippen LogP contribution in [0.15, 0.2) is 22.7 Å². The number of carboxylic acids is 1. The molecule has 88 valence electrons. The predicted molar refractivity (Wildman–Crippen MR) is 48.8 cm³/mol. The summed E-state index contributed by atoms with van der Waals surface area (Å²) in [5, 5.41) is 11.7. The summed E-state index contributed by atoms with van der Waals surface area (Å²) in [7, 11) is 0. The highest BCUT2D eigenvalue weighted by Gasteiger charge is 2.19. The fourth-order valence-corrected chi connectivity index (χ4v) is 1.28. The van der Waals surface area contributed by atoms with Gasteiger partial charge in [0.05, 0.1) is 5.56 Å². The summed E-state index contributed by atoms with van der Waals surface area (Å²) in [6, 6.07) is 1.78. The van der Waals surface area contributed by atoms with Crippen molar-refractivity contribution in [2.45, 2.75) is 0 Å². The fourth-order valence-electron chi connectivity index (χ4n) is 1.28. The Morgan fingerprint density at radius 2 is 1.76 bits per heavy atom. The van der Waals surface area contributed by atoms with Crippen LogP contribution >= 0.6 is 0 Å². The lowest BCUT2D eigenvalue weighted by Crippen LogP contribution is -1.93. The third kappa shape index (κ3) is 1.99. The molecule has 17 heavy (non-hydrogen) atoms. The van der Waals surface area contributed by atoms with Crippen molar-refractivity contribution in [2.24, 2.45) is 0 Å². The lowest BCUT2D eigenvalue weighted by atomic mass is 10.1. The molecule has 1 aromatic heterocycles. The van der Waals surface area contributed by atoms with E-state index in [4.69, 9.17) is 5.11 Å². The smallest absolute Gasteiger partial charge is 0.374 e. The van der Waals surface area contributed by atoms with Gasteiger partial charge in [0.25, 0.3) is 0 Å². The van der Waals surface area contributed by atoms with Crippen molar-refractivity contribution in [2.75, 3.05) is 0 Å². The first-order chi connectivity index (χ1) is 7.99. The molecule has 4 nitrogen and oxygen atoms in total. The number of nitrogens with zero attached hydrogens (tertiary/aromatic N) is 1. The third-order valence-corrected chi connectivity index (χ3v) is 1.98. The maximum absolute atomic E-state index is 13.3. The van der Waals surface area contributed by atoms with Crippen molar-refractivity contribution in [1.82, 2.24) is 5.16 Å². The van der Waals surface area contributed by atoms with Crippen LogP contribution in [-0.2, 0) is 0 Å². The van der Waals surface area contributed by atoms with Crippen molar-refractivity contribution >= 4 is 5.97 Å². The molecule has 0 spiro atoms. The second-order valence-corrected chi connectivity index (χ2v) is 3.13. The Hall–Kier alpha value is -2.31. The average Bonchev–Trinajstić information content (AvgIpc) is 2.65. The van der Waals surface area contributed by atoms with Gasteiger partial charge in [-0.1, -0.05) is 5.16 Å². The van der Waals surface area contributed by atoms with Gasteiger partial charge in [0.1, 0.15) is 23.1 Å². The van der Waals surface area contributed by atoms with Crippen molar-refractivity contribution in [3.63, 3.8) is 0 Å². The van der Waals surface area contributed by atoms with Crippen LogP contribution in [0.2, 0.25) is 0 Å². The van der Waals surface area contributed by atoms with E-state index in [1.54, 1.807) is 0 Å². The molecule has 0 amide bonds. The largest absolute Gasteiger partial charge is 0.475 e. The first kappa shape index (κ1) is 11.2. The summed E-state index contributed by atoms with van der Waals surface area (Å²) >= 11 is 0. The van der Waals surface area contributed by atoms with E-state index in [-0.39, 0.29) is 5.69 Å². The van der Waals surface area contributed by atoms with Crippen LogP contribution in [0.3, 0.4) is 0 Å². The van der Waals surface area contributed by atoms with Crippen LogP contribution in [0.4, 0.5) is 13.2 Å². The van der Waals surface area contributed by atoms with E-state index in [0.717, 1.165) is 6.07 Å². The summed E-state index contributed by atoms with van der Waals surface area (Å²) in [6.07, 6.45) is 0. The van der Waals surface area contributed by atoms with Gasteiger partial charge in [-0.25, -0.2) is 18.0 Å². The topological polar surface area (TPSA) is 63.3 Å². The Bertz CT molecular complexity index is 571. The molecule has 0 atom stereocenters. The zero-order chi connectivity index (χ0) is 12.6. The fraction of sp³-hybridized carbons (Fsp3) is 0. The molecule has 2 rings (SSSR count). The van der Waals surface area contributed by atoms with Gasteiger partial charge in [-0.2, -0.15) is 0 Å². The molecule has 0 aliphatic carbocycles. The molecular weight excluding hydrogens is 239 g/mol. The molecular formula is C10H4F3NO3. The number of aromatic carboxylic acids is 1. The Morgan fingerprint density at radius 1 is 1.18 bits per heavy atom. The SMILES string of the molecule is O=C(O)c1cc(-c2c(F)cc(F)cc2F)no1. The van der Waals surface area contributed by atoms with Crippen LogP contribution in [0.1, 0.15) is 10.6 Å². The number of rotatable bonds is 2. The van der Waals surface area contributed by atoms with E-state index in [2.05, 4.69) is 9.68 Å². The average molecular weight is 243 g/mol. The molecule has 7 heteroatoms. The summed E-state index contributed by atoms with van der Waals surface area (Å²) in [5.41, 5.74) is -0.986. The van der Waals surface area contributed by atoms with Gasteiger partial charge in [-0.3, -0.25) is 0 Å². The van der Waals surface area contributed by atoms with E-state index in [1.165, 1.54) is 0 Å². The van der Waals surface area contributed by atoms with E-state index < -0.39 is 34.7 Å². The highest BCUT2D eigenvalue weighted by atomic mass is 19.1. The van der Waals surface area contributed by atoms with Gasteiger partial charge in [0.2, 0.25) is 5.76 Å².